The fraction of sp³-hybridized carbons (Fsp3) is 0.200. The van der Waals surface area contributed by atoms with E-state index in [0.717, 1.165) is 10.9 Å². The summed E-state index contributed by atoms with van der Waals surface area (Å²) in [6.07, 6.45) is 1.58. The van der Waals surface area contributed by atoms with Gasteiger partial charge in [-0.1, -0.05) is 24.3 Å². The molecule has 180 valence electrons. The average molecular weight is 500 g/mol. The molecule has 0 unspecified atom stereocenters. The van der Waals surface area contributed by atoms with Crippen LogP contribution in [0.1, 0.15) is 12.5 Å². The van der Waals surface area contributed by atoms with Crippen LogP contribution in [0.25, 0.3) is 28.1 Å². The van der Waals surface area contributed by atoms with Crippen molar-refractivity contribution in [3.8, 4) is 17.7 Å². The molecule has 1 aliphatic heterocycles. The smallest absolute Gasteiger partial charge is 0.244 e. The number of nitriles is 1. The Hall–Kier alpha value is -4.27. The van der Waals surface area contributed by atoms with E-state index in [1.165, 1.54) is 16.4 Å². The standard InChI is InChI=1S/C25H21N7O3S/c1-17-16-30(12-13-31(17)36(33,34)22-11-5-2-7-18(22)15-26)25-27-20-9-4-3-8-19(20)23-28-29-24(32(23)25)21-10-6-14-35-21/h2-11,14,17H,12-13,16H2,1H3/t17-/m0/s1. The van der Waals surface area contributed by atoms with Gasteiger partial charge < -0.3 is 9.32 Å². The van der Waals surface area contributed by atoms with Gasteiger partial charge in [0.05, 0.1) is 22.2 Å². The van der Waals surface area contributed by atoms with Gasteiger partial charge in [0.1, 0.15) is 6.07 Å². The number of rotatable bonds is 4. The summed E-state index contributed by atoms with van der Waals surface area (Å²) >= 11 is 0. The summed E-state index contributed by atoms with van der Waals surface area (Å²) in [6.45, 7) is 2.88. The number of hydrogen-bond acceptors (Lipinski definition) is 8. The lowest BCUT2D eigenvalue weighted by Crippen LogP contribution is -2.54. The molecule has 11 heteroatoms. The Bertz CT molecular complexity index is 1740. The molecule has 1 saturated heterocycles. The third-order valence-corrected chi connectivity index (χ3v) is 8.49. The Labute approximate surface area is 207 Å². The molecule has 1 aliphatic rings. The van der Waals surface area contributed by atoms with Gasteiger partial charge in [-0.25, -0.2) is 17.8 Å². The van der Waals surface area contributed by atoms with Crippen LogP contribution >= 0.6 is 0 Å². The zero-order chi connectivity index (χ0) is 24.9. The van der Waals surface area contributed by atoms with Crippen molar-refractivity contribution in [1.29, 1.82) is 5.26 Å². The van der Waals surface area contributed by atoms with Crippen LogP contribution in [-0.4, -0.2) is 58.0 Å². The fourth-order valence-corrected chi connectivity index (χ4v) is 6.49. The van der Waals surface area contributed by atoms with Crippen LogP contribution < -0.4 is 4.90 Å². The molecule has 0 amide bonds. The van der Waals surface area contributed by atoms with Gasteiger partial charge in [-0.05, 0) is 43.3 Å². The predicted octanol–water partition coefficient (Wildman–Crippen LogP) is 3.31. The predicted molar refractivity (Wildman–Crippen MR) is 133 cm³/mol. The molecule has 1 fully saturated rings. The third-order valence-electron chi connectivity index (χ3n) is 6.41. The van der Waals surface area contributed by atoms with Gasteiger partial charge in [0.2, 0.25) is 21.8 Å². The Kier molecular flexibility index (Phi) is 5.21. The van der Waals surface area contributed by atoms with Crippen LogP contribution in [0.5, 0.6) is 0 Å². The zero-order valence-corrected chi connectivity index (χ0v) is 20.1. The monoisotopic (exact) mass is 499 g/mol. The van der Waals surface area contributed by atoms with Gasteiger partial charge in [0, 0.05) is 31.1 Å². The summed E-state index contributed by atoms with van der Waals surface area (Å²) in [5.41, 5.74) is 1.55. The topological polar surface area (TPSA) is 121 Å². The Morgan fingerprint density at radius 1 is 1.03 bits per heavy atom. The van der Waals surface area contributed by atoms with E-state index in [1.807, 2.05) is 52.6 Å². The number of nitrogens with zero attached hydrogens (tertiary/aromatic N) is 7. The molecule has 1 atom stereocenters. The fourth-order valence-electron chi connectivity index (χ4n) is 4.73. The summed E-state index contributed by atoms with van der Waals surface area (Å²) < 4.78 is 35.9. The second-order valence-corrected chi connectivity index (χ2v) is 10.5. The Balaban J connectivity index is 1.42. The quantitative estimate of drug-likeness (QED) is 0.369. The number of para-hydroxylation sites is 1. The molecule has 5 aromatic rings. The molecule has 0 radical (unpaired) electrons. The van der Waals surface area contributed by atoms with E-state index in [2.05, 4.69) is 10.2 Å². The largest absolute Gasteiger partial charge is 0.461 e. The summed E-state index contributed by atoms with van der Waals surface area (Å²) in [4.78, 5) is 7.00. The molecule has 0 spiro atoms. The number of fused-ring (bicyclic) bond motifs is 3. The van der Waals surface area contributed by atoms with E-state index in [9.17, 15) is 13.7 Å². The SMILES string of the molecule is C[C@H]1CN(c2nc3ccccc3c3nnc(-c4ccco4)n23)CCN1S(=O)(=O)c1ccccc1C#N. The maximum absolute atomic E-state index is 13.5. The van der Waals surface area contributed by atoms with Gasteiger partial charge in [-0.15, -0.1) is 10.2 Å². The summed E-state index contributed by atoms with van der Waals surface area (Å²) in [7, 11) is -3.85. The zero-order valence-electron chi connectivity index (χ0n) is 19.3. The van der Waals surface area contributed by atoms with Crippen LogP contribution in [0.15, 0.2) is 76.2 Å². The molecule has 2 aromatic carbocycles. The van der Waals surface area contributed by atoms with Crippen molar-refractivity contribution in [2.24, 2.45) is 0 Å². The van der Waals surface area contributed by atoms with Gasteiger partial charge in [-0.3, -0.25) is 0 Å². The average Bonchev–Trinajstić information content (AvgIpc) is 3.58. The van der Waals surface area contributed by atoms with E-state index < -0.39 is 10.0 Å². The molecule has 10 nitrogen and oxygen atoms in total. The van der Waals surface area contributed by atoms with E-state index in [4.69, 9.17) is 9.40 Å². The minimum absolute atomic E-state index is 0.0259. The summed E-state index contributed by atoms with van der Waals surface area (Å²) in [6, 6.07) is 19.2. The van der Waals surface area contributed by atoms with Crippen molar-refractivity contribution >= 4 is 32.5 Å². The van der Waals surface area contributed by atoms with Gasteiger partial charge >= 0.3 is 0 Å². The first-order chi connectivity index (χ1) is 17.5. The Morgan fingerprint density at radius 3 is 2.61 bits per heavy atom. The first kappa shape index (κ1) is 22.2. The van der Waals surface area contributed by atoms with Crippen LogP contribution in [0.4, 0.5) is 5.95 Å². The molecule has 0 aliphatic carbocycles. The molecule has 3 aromatic heterocycles. The molecule has 4 heterocycles. The summed E-state index contributed by atoms with van der Waals surface area (Å²) in [5.74, 6) is 1.69. The molecular formula is C25H21N7O3S. The minimum Gasteiger partial charge on any atom is -0.461 e. The molecular weight excluding hydrogens is 478 g/mol. The Morgan fingerprint density at radius 2 is 1.83 bits per heavy atom. The molecule has 0 saturated carbocycles. The molecule has 0 bridgehead atoms. The van der Waals surface area contributed by atoms with Gasteiger partial charge in [-0.2, -0.15) is 9.57 Å². The lowest BCUT2D eigenvalue weighted by atomic mass is 10.2. The number of anilines is 1. The van der Waals surface area contributed by atoms with Crippen molar-refractivity contribution in [2.45, 2.75) is 17.9 Å². The number of hydrogen-bond donors (Lipinski definition) is 0. The van der Waals surface area contributed by atoms with Crippen molar-refractivity contribution in [3.05, 3.63) is 72.5 Å². The highest BCUT2D eigenvalue weighted by atomic mass is 32.2. The highest BCUT2D eigenvalue weighted by Gasteiger charge is 2.36. The highest BCUT2D eigenvalue weighted by Crippen LogP contribution is 2.31. The second kappa shape index (κ2) is 8.44. The lowest BCUT2D eigenvalue weighted by Gasteiger charge is -2.39. The minimum atomic E-state index is -3.85. The van der Waals surface area contributed by atoms with Crippen LogP contribution in [0, 0.1) is 11.3 Å². The van der Waals surface area contributed by atoms with Crippen molar-refractivity contribution in [2.75, 3.05) is 24.5 Å². The highest BCUT2D eigenvalue weighted by molar-refractivity contribution is 7.89. The second-order valence-electron chi connectivity index (χ2n) is 8.61. The lowest BCUT2D eigenvalue weighted by molar-refractivity contribution is 0.304. The van der Waals surface area contributed by atoms with E-state index in [-0.39, 0.29) is 23.0 Å². The van der Waals surface area contributed by atoms with E-state index >= 15 is 0 Å². The van der Waals surface area contributed by atoms with Crippen LogP contribution in [0.2, 0.25) is 0 Å². The van der Waals surface area contributed by atoms with Crippen molar-refractivity contribution in [1.82, 2.24) is 23.9 Å². The van der Waals surface area contributed by atoms with E-state index in [1.54, 1.807) is 24.5 Å². The molecule has 6 rings (SSSR count). The molecule has 36 heavy (non-hydrogen) atoms. The van der Waals surface area contributed by atoms with Crippen LogP contribution in [0.3, 0.4) is 0 Å². The van der Waals surface area contributed by atoms with Crippen LogP contribution in [-0.2, 0) is 10.0 Å². The number of furan rings is 1. The number of piperazine rings is 1. The molecule has 0 N–H and O–H groups in total. The van der Waals surface area contributed by atoms with Gasteiger partial charge in [0.15, 0.2) is 11.4 Å². The van der Waals surface area contributed by atoms with E-state index in [0.29, 0.717) is 36.3 Å². The maximum atomic E-state index is 13.5. The maximum Gasteiger partial charge on any atom is 0.244 e. The number of benzene rings is 2. The first-order valence-electron chi connectivity index (χ1n) is 11.4. The number of sulfonamides is 1. The van der Waals surface area contributed by atoms with Crippen molar-refractivity contribution < 1.29 is 12.8 Å². The first-order valence-corrected chi connectivity index (χ1v) is 12.9. The van der Waals surface area contributed by atoms with Crippen molar-refractivity contribution in [3.63, 3.8) is 0 Å². The summed E-state index contributed by atoms with van der Waals surface area (Å²) in [5, 5.41) is 19.1. The normalized spacial score (nSPS) is 17.0. The third kappa shape index (κ3) is 3.42. The van der Waals surface area contributed by atoms with Gasteiger partial charge in [0.25, 0.3) is 0 Å². The number of aromatic nitrogens is 4.